The van der Waals surface area contributed by atoms with Gasteiger partial charge in [-0.1, -0.05) is 19.9 Å². The first-order chi connectivity index (χ1) is 9.98. The van der Waals surface area contributed by atoms with Crippen LogP contribution in [0.3, 0.4) is 0 Å². The smallest absolute Gasteiger partial charge is 0.337 e. The van der Waals surface area contributed by atoms with Gasteiger partial charge in [0.1, 0.15) is 11.3 Å². The van der Waals surface area contributed by atoms with Crippen LogP contribution in [0.2, 0.25) is 0 Å². The quantitative estimate of drug-likeness (QED) is 0.857. The average Bonchev–Trinajstić information content (AvgIpc) is 2.80. The van der Waals surface area contributed by atoms with Crippen LogP contribution in [0.1, 0.15) is 42.9 Å². The molecular formula is C16H22N2O3. The zero-order valence-corrected chi connectivity index (χ0v) is 12.8. The molecule has 0 amide bonds. The van der Waals surface area contributed by atoms with Gasteiger partial charge in [-0.25, -0.2) is 9.78 Å². The van der Waals surface area contributed by atoms with Crippen LogP contribution in [0.5, 0.6) is 0 Å². The minimum absolute atomic E-state index is 0.109. The van der Waals surface area contributed by atoms with E-state index < -0.39 is 5.97 Å². The van der Waals surface area contributed by atoms with Gasteiger partial charge in [-0.05, 0) is 31.9 Å². The van der Waals surface area contributed by atoms with E-state index in [1.165, 1.54) is 0 Å². The maximum atomic E-state index is 11.3. The highest BCUT2D eigenvalue weighted by Gasteiger charge is 2.28. The lowest BCUT2D eigenvalue weighted by atomic mass is 9.83. The van der Waals surface area contributed by atoms with Gasteiger partial charge >= 0.3 is 5.97 Å². The second-order valence-corrected chi connectivity index (χ2v) is 5.59. The van der Waals surface area contributed by atoms with Gasteiger partial charge in [-0.2, -0.15) is 0 Å². The largest absolute Gasteiger partial charge is 0.478 e. The van der Waals surface area contributed by atoms with Gasteiger partial charge in [0.15, 0.2) is 0 Å². The van der Waals surface area contributed by atoms with E-state index in [0.717, 1.165) is 24.2 Å². The number of carboxylic acid groups (broad SMARTS) is 1. The van der Waals surface area contributed by atoms with Gasteiger partial charge in [0.25, 0.3) is 0 Å². The van der Waals surface area contributed by atoms with Gasteiger partial charge in [0.2, 0.25) is 0 Å². The molecule has 1 heterocycles. The molecule has 1 aromatic heterocycles. The molecule has 0 bridgehead atoms. The third-order valence-electron chi connectivity index (χ3n) is 4.53. The molecular weight excluding hydrogens is 268 g/mol. The number of hydrogen-bond acceptors (Lipinski definition) is 3. The third kappa shape index (κ3) is 2.65. The van der Waals surface area contributed by atoms with Crippen molar-refractivity contribution in [1.82, 2.24) is 9.55 Å². The highest BCUT2D eigenvalue weighted by Crippen LogP contribution is 2.31. The zero-order chi connectivity index (χ0) is 15.6. The highest BCUT2D eigenvalue weighted by molar-refractivity contribution is 6.01. The molecule has 2 rings (SSSR count). The molecule has 5 nitrogen and oxygen atoms in total. The molecule has 0 atom stereocenters. The third-order valence-corrected chi connectivity index (χ3v) is 4.53. The lowest BCUT2D eigenvalue weighted by molar-refractivity contribution is 0.0699. The summed E-state index contributed by atoms with van der Waals surface area (Å²) in [5.74, 6) is -0.192. The summed E-state index contributed by atoms with van der Waals surface area (Å²) in [4.78, 5) is 15.7. The van der Waals surface area contributed by atoms with Crippen LogP contribution in [0, 0.1) is 12.3 Å². The number of aliphatic hydroxyl groups excluding tert-OH is 1. The number of benzene rings is 1. The lowest BCUT2D eigenvalue weighted by Crippen LogP contribution is -2.30. The summed E-state index contributed by atoms with van der Waals surface area (Å²) in [5.41, 5.74) is 1.35. The molecule has 0 fully saturated rings. The molecule has 0 radical (unpaired) electrons. The maximum absolute atomic E-state index is 11.3. The number of rotatable bonds is 6. The topological polar surface area (TPSA) is 75.3 Å². The predicted molar refractivity (Wildman–Crippen MR) is 81.5 cm³/mol. The van der Waals surface area contributed by atoms with Crippen LogP contribution in [0.4, 0.5) is 0 Å². The SMILES string of the molecule is CCC(CC)(CO)Cn1c(C)nc2c(C(=O)O)cccc21. The van der Waals surface area contributed by atoms with E-state index in [9.17, 15) is 15.0 Å². The summed E-state index contributed by atoms with van der Waals surface area (Å²) < 4.78 is 2.02. The van der Waals surface area contributed by atoms with Crippen molar-refractivity contribution in [2.24, 2.45) is 5.41 Å². The number of carboxylic acids is 1. The molecule has 0 aliphatic carbocycles. The Morgan fingerprint density at radius 3 is 2.52 bits per heavy atom. The van der Waals surface area contributed by atoms with E-state index in [-0.39, 0.29) is 17.6 Å². The van der Waals surface area contributed by atoms with Crippen LogP contribution < -0.4 is 0 Å². The Labute approximate surface area is 124 Å². The Hall–Kier alpha value is -1.88. The van der Waals surface area contributed by atoms with Crippen molar-refractivity contribution < 1.29 is 15.0 Å². The summed E-state index contributed by atoms with van der Waals surface area (Å²) in [6, 6.07) is 5.19. The first kappa shape index (κ1) is 15.5. The zero-order valence-electron chi connectivity index (χ0n) is 12.8. The van der Waals surface area contributed by atoms with Crippen molar-refractivity contribution in [3.05, 3.63) is 29.6 Å². The fourth-order valence-electron chi connectivity index (χ4n) is 2.72. The number of imidazole rings is 1. The minimum Gasteiger partial charge on any atom is -0.478 e. The summed E-state index contributed by atoms with van der Waals surface area (Å²) in [7, 11) is 0. The van der Waals surface area contributed by atoms with Crippen molar-refractivity contribution in [2.45, 2.75) is 40.2 Å². The molecule has 5 heteroatoms. The Morgan fingerprint density at radius 2 is 2.00 bits per heavy atom. The summed E-state index contributed by atoms with van der Waals surface area (Å²) in [6.07, 6.45) is 1.72. The molecule has 0 aliphatic heterocycles. The lowest BCUT2D eigenvalue weighted by Gasteiger charge is -2.30. The van der Waals surface area contributed by atoms with Crippen LogP contribution in [0.25, 0.3) is 11.0 Å². The van der Waals surface area contributed by atoms with Crippen molar-refractivity contribution >= 4 is 17.0 Å². The van der Waals surface area contributed by atoms with Crippen LogP contribution >= 0.6 is 0 Å². The molecule has 2 N–H and O–H groups in total. The van der Waals surface area contributed by atoms with Crippen molar-refractivity contribution in [3.8, 4) is 0 Å². The van der Waals surface area contributed by atoms with Gasteiger partial charge in [-0.15, -0.1) is 0 Å². The molecule has 0 aliphatic rings. The van der Waals surface area contributed by atoms with Gasteiger partial charge in [0.05, 0.1) is 17.7 Å². The van der Waals surface area contributed by atoms with Crippen molar-refractivity contribution in [3.63, 3.8) is 0 Å². The Morgan fingerprint density at radius 1 is 1.33 bits per heavy atom. The number of carbonyl (C=O) groups is 1. The number of aryl methyl sites for hydroxylation is 1. The fraction of sp³-hybridized carbons (Fsp3) is 0.500. The van der Waals surface area contributed by atoms with Crippen LogP contribution in [0.15, 0.2) is 18.2 Å². The molecule has 0 spiro atoms. The number of aliphatic hydroxyl groups is 1. The summed E-state index contributed by atoms with van der Waals surface area (Å²) in [5, 5.41) is 19.0. The van der Waals surface area contributed by atoms with Crippen molar-refractivity contribution in [1.29, 1.82) is 0 Å². The molecule has 0 unspecified atom stereocenters. The number of para-hydroxylation sites is 1. The van der Waals surface area contributed by atoms with Gasteiger partial charge in [-0.3, -0.25) is 0 Å². The fourth-order valence-corrected chi connectivity index (χ4v) is 2.72. The summed E-state index contributed by atoms with van der Waals surface area (Å²) in [6.45, 7) is 6.76. The number of nitrogens with zero attached hydrogens (tertiary/aromatic N) is 2. The molecule has 0 saturated heterocycles. The first-order valence-electron chi connectivity index (χ1n) is 7.28. The Balaban J connectivity index is 2.57. The second-order valence-electron chi connectivity index (χ2n) is 5.59. The second kappa shape index (κ2) is 5.85. The standard InChI is InChI=1S/C16H22N2O3/c1-4-16(5-2,10-19)9-18-11(3)17-14-12(15(20)21)7-6-8-13(14)18/h6-8,19H,4-5,9-10H2,1-3H3,(H,20,21). The Bertz CT molecular complexity index is 649. The van der Waals surface area contributed by atoms with Crippen molar-refractivity contribution in [2.75, 3.05) is 6.61 Å². The predicted octanol–water partition coefficient (Wildman–Crippen LogP) is 2.84. The van der Waals surface area contributed by atoms with E-state index in [0.29, 0.717) is 12.1 Å². The Kier molecular flexibility index (Phi) is 4.32. The average molecular weight is 290 g/mol. The normalized spacial score (nSPS) is 12.0. The van der Waals surface area contributed by atoms with E-state index >= 15 is 0 Å². The monoisotopic (exact) mass is 290 g/mol. The molecule has 21 heavy (non-hydrogen) atoms. The van der Waals surface area contributed by atoms with Crippen LogP contribution in [-0.2, 0) is 6.54 Å². The van der Waals surface area contributed by atoms with E-state index in [2.05, 4.69) is 18.8 Å². The van der Waals surface area contributed by atoms with E-state index in [1.807, 2.05) is 17.6 Å². The van der Waals surface area contributed by atoms with E-state index in [1.54, 1.807) is 12.1 Å². The van der Waals surface area contributed by atoms with Crippen LogP contribution in [-0.4, -0.2) is 32.3 Å². The highest BCUT2D eigenvalue weighted by atomic mass is 16.4. The maximum Gasteiger partial charge on any atom is 0.337 e. The van der Waals surface area contributed by atoms with Gasteiger partial charge in [0, 0.05) is 12.0 Å². The first-order valence-corrected chi connectivity index (χ1v) is 7.28. The molecule has 2 aromatic rings. The van der Waals surface area contributed by atoms with Gasteiger partial charge < -0.3 is 14.8 Å². The molecule has 1 aromatic carbocycles. The summed E-state index contributed by atoms with van der Waals surface area (Å²) >= 11 is 0. The number of fused-ring (bicyclic) bond motifs is 1. The molecule has 114 valence electrons. The number of aromatic nitrogens is 2. The number of hydrogen-bond donors (Lipinski definition) is 2. The minimum atomic E-state index is -0.968. The number of aromatic carboxylic acids is 1. The molecule has 0 saturated carbocycles. The van der Waals surface area contributed by atoms with E-state index in [4.69, 9.17) is 0 Å².